The summed E-state index contributed by atoms with van der Waals surface area (Å²) in [5.74, 6) is 0.159. The van der Waals surface area contributed by atoms with Gasteiger partial charge in [0.2, 0.25) is 0 Å². The van der Waals surface area contributed by atoms with Crippen molar-refractivity contribution in [2.75, 3.05) is 4.90 Å². The summed E-state index contributed by atoms with van der Waals surface area (Å²) < 4.78 is 8.67. The van der Waals surface area contributed by atoms with Gasteiger partial charge in [0.15, 0.2) is 0 Å². The lowest BCUT2D eigenvalue weighted by atomic mass is 10.1. The van der Waals surface area contributed by atoms with Gasteiger partial charge in [0, 0.05) is 19.2 Å². The van der Waals surface area contributed by atoms with Gasteiger partial charge in [-0.25, -0.2) is 4.79 Å². The van der Waals surface area contributed by atoms with Crippen LogP contribution in [0.1, 0.15) is 20.8 Å². The van der Waals surface area contributed by atoms with Crippen LogP contribution in [-0.2, 0) is 17.7 Å². The van der Waals surface area contributed by atoms with E-state index in [9.17, 15) is 4.79 Å². The standard InChI is InChI=1S/C18H15BN2O2S/c19-23-18(22)16-11-17(20-24-16)21(12-14-7-3-1-4-8-14)13-15-9-5-2-6-10-15/h1-11H,12-13H2. The van der Waals surface area contributed by atoms with E-state index in [1.54, 1.807) is 6.07 Å². The highest BCUT2D eigenvalue weighted by atomic mass is 32.1. The Kier molecular flexibility index (Phi) is 5.28. The Labute approximate surface area is 146 Å². The van der Waals surface area contributed by atoms with Crippen LogP contribution in [0.4, 0.5) is 5.82 Å². The topological polar surface area (TPSA) is 42.4 Å². The van der Waals surface area contributed by atoms with Gasteiger partial charge >= 0.3 is 14.0 Å². The molecule has 6 heteroatoms. The normalized spacial score (nSPS) is 10.3. The van der Waals surface area contributed by atoms with Crippen molar-refractivity contribution in [1.29, 1.82) is 0 Å². The summed E-state index contributed by atoms with van der Waals surface area (Å²) in [5.41, 5.74) is 2.34. The highest BCUT2D eigenvalue weighted by Crippen LogP contribution is 2.23. The highest BCUT2D eigenvalue weighted by Gasteiger charge is 2.16. The average molecular weight is 334 g/mol. The summed E-state index contributed by atoms with van der Waals surface area (Å²) in [6.07, 6.45) is 0. The Morgan fingerprint density at radius 2 is 1.54 bits per heavy atom. The molecule has 24 heavy (non-hydrogen) atoms. The molecular weight excluding hydrogens is 319 g/mol. The summed E-state index contributed by atoms with van der Waals surface area (Å²) in [6, 6.07) is 22.0. The fourth-order valence-electron chi connectivity index (χ4n) is 2.39. The molecule has 2 aromatic carbocycles. The van der Waals surface area contributed by atoms with Crippen LogP contribution in [0.3, 0.4) is 0 Å². The summed E-state index contributed by atoms with van der Waals surface area (Å²) in [6.45, 7) is 1.38. The summed E-state index contributed by atoms with van der Waals surface area (Å²) >= 11 is 1.09. The predicted octanol–water partition coefficient (Wildman–Crippen LogP) is 3.59. The number of hydrogen-bond donors (Lipinski definition) is 0. The minimum atomic E-state index is -0.571. The fraction of sp³-hybridized carbons (Fsp3) is 0.111. The van der Waals surface area contributed by atoms with Crippen molar-refractivity contribution in [1.82, 2.24) is 4.37 Å². The van der Waals surface area contributed by atoms with E-state index in [2.05, 4.69) is 38.2 Å². The molecule has 0 saturated heterocycles. The van der Waals surface area contributed by atoms with E-state index in [0.717, 1.165) is 17.4 Å². The smallest absolute Gasteiger partial charge is 0.378 e. The second-order valence-corrected chi connectivity index (χ2v) is 6.09. The monoisotopic (exact) mass is 334 g/mol. The lowest BCUT2D eigenvalue weighted by Gasteiger charge is -2.22. The number of rotatable bonds is 6. The maximum Gasteiger partial charge on any atom is 0.378 e. The number of hydrogen-bond acceptors (Lipinski definition) is 5. The molecule has 3 aromatic rings. The molecule has 1 heterocycles. The van der Waals surface area contributed by atoms with Crippen LogP contribution in [0.2, 0.25) is 0 Å². The first-order valence-corrected chi connectivity index (χ1v) is 8.24. The first-order chi connectivity index (χ1) is 11.8. The van der Waals surface area contributed by atoms with E-state index in [-0.39, 0.29) is 0 Å². The minimum Gasteiger partial charge on any atom is -0.539 e. The molecule has 0 N–H and O–H groups in total. The molecule has 0 aliphatic rings. The van der Waals surface area contributed by atoms with E-state index in [0.29, 0.717) is 18.0 Å². The lowest BCUT2D eigenvalue weighted by Crippen LogP contribution is -2.22. The van der Waals surface area contributed by atoms with Crippen LogP contribution in [0.5, 0.6) is 0 Å². The second-order valence-electron chi connectivity index (χ2n) is 5.28. The Morgan fingerprint density at radius 3 is 2.04 bits per heavy atom. The van der Waals surface area contributed by atoms with Crippen molar-refractivity contribution < 1.29 is 9.45 Å². The largest absolute Gasteiger partial charge is 0.539 e. The van der Waals surface area contributed by atoms with E-state index in [4.69, 9.17) is 8.05 Å². The molecule has 0 fully saturated rings. The van der Waals surface area contributed by atoms with Crippen LogP contribution in [0, 0.1) is 0 Å². The molecule has 1 aromatic heterocycles. The van der Waals surface area contributed by atoms with E-state index < -0.39 is 5.97 Å². The van der Waals surface area contributed by atoms with E-state index in [1.807, 2.05) is 36.4 Å². The Hall–Kier alpha value is -2.60. The third kappa shape index (κ3) is 4.03. The quantitative estimate of drug-likeness (QED) is 0.646. The third-order valence-corrected chi connectivity index (χ3v) is 4.32. The first-order valence-electron chi connectivity index (χ1n) is 7.47. The van der Waals surface area contributed by atoms with Crippen LogP contribution in [0.15, 0.2) is 66.7 Å². The maximum atomic E-state index is 11.6. The number of benzene rings is 2. The molecule has 0 unspecified atom stereocenters. The van der Waals surface area contributed by atoms with Crippen molar-refractivity contribution in [3.63, 3.8) is 0 Å². The van der Waals surface area contributed by atoms with Gasteiger partial charge in [0.25, 0.3) is 0 Å². The van der Waals surface area contributed by atoms with Crippen LogP contribution >= 0.6 is 11.5 Å². The molecule has 0 amide bonds. The number of carbonyl (C=O) groups is 1. The van der Waals surface area contributed by atoms with Gasteiger partial charge in [-0.15, -0.1) is 0 Å². The van der Waals surface area contributed by atoms with Gasteiger partial charge in [-0.05, 0) is 22.7 Å². The number of aromatic nitrogens is 1. The Bertz CT molecular complexity index is 752. The Morgan fingerprint density at radius 1 is 1.00 bits per heavy atom. The molecule has 0 atom stereocenters. The predicted molar refractivity (Wildman–Crippen MR) is 96.1 cm³/mol. The molecular formula is C18H15BN2O2S. The number of anilines is 1. The van der Waals surface area contributed by atoms with Gasteiger partial charge in [0.1, 0.15) is 10.7 Å². The fourth-order valence-corrected chi connectivity index (χ4v) is 3.04. The molecule has 0 spiro atoms. The van der Waals surface area contributed by atoms with Gasteiger partial charge < -0.3 is 9.55 Å². The van der Waals surface area contributed by atoms with Crippen LogP contribution in [0.25, 0.3) is 0 Å². The lowest BCUT2D eigenvalue weighted by molar-refractivity contribution is 0.0754. The SMILES string of the molecule is [B]OC(=O)c1cc(N(Cc2ccccc2)Cc2ccccc2)ns1. The first kappa shape index (κ1) is 16.3. The summed E-state index contributed by atoms with van der Waals surface area (Å²) in [7, 11) is 4.95. The van der Waals surface area contributed by atoms with Crippen molar-refractivity contribution in [3.8, 4) is 0 Å². The van der Waals surface area contributed by atoms with Gasteiger partial charge in [-0.3, -0.25) is 0 Å². The Balaban J connectivity index is 1.86. The molecule has 4 nitrogen and oxygen atoms in total. The second kappa shape index (κ2) is 7.79. The maximum absolute atomic E-state index is 11.6. The number of carbonyl (C=O) groups excluding carboxylic acids is 1. The zero-order chi connectivity index (χ0) is 16.8. The zero-order valence-electron chi connectivity index (χ0n) is 13.0. The number of nitrogens with zero attached hydrogens (tertiary/aromatic N) is 2. The van der Waals surface area contributed by atoms with Crippen molar-refractivity contribution in [3.05, 3.63) is 82.7 Å². The molecule has 0 aliphatic carbocycles. The minimum absolute atomic E-state index is 0.388. The molecule has 0 bridgehead atoms. The molecule has 118 valence electrons. The van der Waals surface area contributed by atoms with Gasteiger partial charge in [-0.2, -0.15) is 4.37 Å². The molecule has 0 saturated carbocycles. The highest BCUT2D eigenvalue weighted by molar-refractivity contribution is 7.08. The summed E-state index contributed by atoms with van der Waals surface area (Å²) in [5, 5.41) is 0. The molecule has 3 rings (SSSR count). The van der Waals surface area contributed by atoms with Crippen molar-refractivity contribution in [2.24, 2.45) is 0 Å². The molecule has 0 aliphatic heterocycles. The van der Waals surface area contributed by atoms with Gasteiger partial charge in [0.05, 0.1) is 0 Å². The molecule has 2 radical (unpaired) electrons. The average Bonchev–Trinajstić information content (AvgIpc) is 3.12. The van der Waals surface area contributed by atoms with Crippen molar-refractivity contribution >= 4 is 31.4 Å². The van der Waals surface area contributed by atoms with Crippen molar-refractivity contribution in [2.45, 2.75) is 13.1 Å². The van der Waals surface area contributed by atoms with Crippen LogP contribution < -0.4 is 4.90 Å². The van der Waals surface area contributed by atoms with E-state index in [1.165, 1.54) is 11.1 Å². The van der Waals surface area contributed by atoms with E-state index >= 15 is 0 Å². The van der Waals surface area contributed by atoms with Crippen LogP contribution in [-0.4, -0.2) is 18.4 Å². The third-order valence-electron chi connectivity index (χ3n) is 3.56. The zero-order valence-corrected chi connectivity index (χ0v) is 13.8. The summed E-state index contributed by atoms with van der Waals surface area (Å²) in [4.78, 5) is 14.1. The van der Waals surface area contributed by atoms with Gasteiger partial charge in [-0.1, -0.05) is 60.7 Å².